The van der Waals surface area contributed by atoms with E-state index < -0.39 is 0 Å². The maximum atomic E-state index is 13.6. The van der Waals surface area contributed by atoms with Gasteiger partial charge >= 0.3 is 0 Å². The van der Waals surface area contributed by atoms with Crippen molar-refractivity contribution in [1.29, 1.82) is 5.26 Å². The highest BCUT2D eigenvalue weighted by atomic mass is 35.5. The predicted octanol–water partition coefficient (Wildman–Crippen LogP) is 4.62. The summed E-state index contributed by atoms with van der Waals surface area (Å²) in [6.45, 7) is 0.199. The molecule has 1 N–H and O–H groups in total. The van der Waals surface area contributed by atoms with Crippen LogP contribution in [0.3, 0.4) is 0 Å². The van der Waals surface area contributed by atoms with Gasteiger partial charge in [-0.1, -0.05) is 29.3 Å². The van der Waals surface area contributed by atoms with Gasteiger partial charge in [0, 0.05) is 12.1 Å². The summed E-state index contributed by atoms with van der Waals surface area (Å²) < 4.78 is 13.6. The molecule has 0 aliphatic rings. The lowest BCUT2D eigenvalue weighted by Crippen LogP contribution is -2.03. The van der Waals surface area contributed by atoms with Crippen LogP contribution in [-0.2, 0) is 6.54 Å². The molecule has 0 radical (unpaired) electrons. The lowest BCUT2D eigenvalue weighted by atomic mass is 10.1. The monoisotopic (exact) mass is 294 g/mol. The van der Waals surface area contributed by atoms with Gasteiger partial charge in [-0.15, -0.1) is 0 Å². The number of nitrogens with zero attached hydrogens (tertiary/aromatic N) is 1. The Bertz CT molecular complexity index is 630. The van der Waals surface area contributed by atoms with Crippen LogP contribution in [0.25, 0.3) is 0 Å². The molecule has 2 rings (SSSR count). The zero-order valence-electron chi connectivity index (χ0n) is 9.75. The molecule has 0 saturated carbocycles. The van der Waals surface area contributed by atoms with Crippen molar-refractivity contribution in [2.45, 2.75) is 6.54 Å². The predicted molar refractivity (Wildman–Crippen MR) is 74.9 cm³/mol. The minimum absolute atomic E-state index is 0.199. The van der Waals surface area contributed by atoms with Crippen LogP contribution >= 0.6 is 23.2 Å². The van der Waals surface area contributed by atoms with Gasteiger partial charge in [0.15, 0.2) is 0 Å². The van der Waals surface area contributed by atoms with E-state index in [1.54, 1.807) is 18.2 Å². The number of rotatable bonds is 3. The molecule has 96 valence electrons. The second-order valence-electron chi connectivity index (χ2n) is 3.87. The molecule has 5 heteroatoms. The summed E-state index contributed by atoms with van der Waals surface area (Å²) >= 11 is 12.0. The van der Waals surface area contributed by atoms with Gasteiger partial charge in [-0.2, -0.15) is 5.26 Å². The van der Waals surface area contributed by atoms with Crippen molar-refractivity contribution in [2.75, 3.05) is 5.32 Å². The first-order chi connectivity index (χ1) is 9.11. The van der Waals surface area contributed by atoms with Gasteiger partial charge in [-0.3, -0.25) is 0 Å². The van der Waals surface area contributed by atoms with Gasteiger partial charge in [-0.25, -0.2) is 4.39 Å². The molecule has 0 aliphatic heterocycles. The molecule has 0 bridgehead atoms. The van der Waals surface area contributed by atoms with E-state index in [1.165, 1.54) is 18.2 Å². The SMILES string of the molecule is N#Cc1ccc(F)c(CNc2c(Cl)cccc2Cl)c1. The van der Waals surface area contributed by atoms with Crippen LogP contribution in [0.4, 0.5) is 10.1 Å². The summed E-state index contributed by atoms with van der Waals surface area (Å²) in [4.78, 5) is 0. The van der Waals surface area contributed by atoms with E-state index in [2.05, 4.69) is 5.32 Å². The second kappa shape index (κ2) is 5.92. The average molecular weight is 295 g/mol. The Kier molecular flexibility index (Phi) is 4.26. The Morgan fingerprint density at radius 3 is 2.47 bits per heavy atom. The smallest absolute Gasteiger partial charge is 0.128 e. The Labute approximate surface area is 120 Å². The Hall–Kier alpha value is -1.76. The molecule has 0 aliphatic carbocycles. The largest absolute Gasteiger partial charge is 0.378 e. The topological polar surface area (TPSA) is 35.8 Å². The van der Waals surface area contributed by atoms with Crippen molar-refractivity contribution < 1.29 is 4.39 Å². The fourth-order valence-corrected chi connectivity index (χ4v) is 2.16. The molecule has 2 aromatic rings. The minimum Gasteiger partial charge on any atom is -0.378 e. The average Bonchev–Trinajstić information content (AvgIpc) is 2.40. The first kappa shape index (κ1) is 13.7. The highest BCUT2D eigenvalue weighted by molar-refractivity contribution is 6.39. The van der Waals surface area contributed by atoms with Crippen LogP contribution in [0.2, 0.25) is 10.0 Å². The molecule has 0 heterocycles. The van der Waals surface area contributed by atoms with Gasteiger partial charge in [0.2, 0.25) is 0 Å². The van der Waals surface area contributed by atoms with Crippen LogP contribution in [0.15, 0.2) is 36.4 Å². The fourth-order valence-electron chi connectivity index (χ4n) is 1.63. The van der Waals surface area contributed by atoms with E-state index >= 15 is 0 Å². The van der Waals surface area contributed by atoms with Gasteiger partial charge < -0.3 is 5.32 Å². The minimum atomic E-state index is -0.380. The lowest BCUT2D eigenvalue weighted by molar-refractivity contribution is 0.612. The Morgan fingerprint density at radius 1 is 1.16 bits per heavy atom. The number of hydrogen-bond acceptors (Lipinski definition) is 2. The third-order valence-corrected chi connectivity index (χ3v) is 3.22. The van der Waals surface area contributed by atoms with Crippen molar-refractivity contribution in [3.63, 3.8) is 0 Å². The number of anilines is 1. The molecular formula is C14H9Cl2FN2. The first-order valence-electron chi connectivity index (χ1n) is 5.48. The van der Waals surface area contributed by atoms with Crippen LogP contribution in [0.1, 0.15) is 11.1 Å². The summed E-state index contributed by atoms with van der Waals surface area (Å²) in [5, 5.41) is 12.7. The first-order valence-corrected chi connectivity index (χ1v) is 6.24. The number of para-hydroxylation sites is 1. The third-order valence-electron chi connectivity index (χ3n) is 2.59. The van der Waals surface area contributed by atoms with Gasteiger partial charge in [0.1, 0.15) is 5.82 Å². The van der Waals surface area contributed by atoms with E-state index in [-0.39, 0.29) is 12.4 Å². The van der Waals surface area contributed by atoms with E-state index in [9.17, 15) is 4.39 Å². The van der Waals surface area contributed by atoms with E-state index in [1.807, 2.05) is 6.07 Å². The van der Waals surface area contributed by atoms with Crippen molar-refractivity contribution in [3.05, 3.63) is 63.4 Å². The third kappa shape index (κ3) is 3.17. The Morgan fingerprint density at radius 2 is 1.84 bits per heavy atom. The molecule has 0 spiro atoms. The van der Waals surface area contributed by atoms with Crippen molar-refractivity contribution >= 4 is 28.9 Å². The molecule has 2 aromatic carbocycles. The van der Waals surface area contributed by atoms with Crippen LogP contribution in [0, 0.1) is 17.1 Å². The molecule has 2 nitrogen and oxygen atoms in total. The van der Waals surface area contributed by atoms with Crippen molar-refractivity contribution in [1.82, 2.24) is 0 Å². The van der Waals surface area contributed by atoms with Gasteiger partial charge in [-0.05, 0) is 30.3 Å². The molecular weight excluding hydrogens is 286 g/mol. The highest BCUT2D eigenvalue weighted by Gasteiger charge is 2.07. The maximum Gasteiger partial charge on any atom is 0.128 e. The molecule has 0 saturated heterocycles. The fraction of sp³-hybridized carbons (Fsp3) is 0.0714. The number of benzene rings is 2. The van der Waals surface area contributed by atoms with Crippen LogP contribution < -0.4 is 5.32 Å². The highest BCUT2D eigenvalue weighted by Crippen LogP contribution is 2.30. The molecule has 0 atom stereocenters. The number of hydrogen-bond donors (Lipinski definition) is 1. The van der Waals surface area contributed by atoms with Crippen LogP contribution in [-0.4, -0.2) is 0 Å². The standard InChI is InChI=1S/C14H9Cl2FN2/c15-11-2-1-3-12(16)14(11)19-8-10-6-9(7-18)4-5-13(10)17/h1-6,19H,8H2. The summed E-state index contributed by atoms with van der Waals surface area (Å²) in [5.74, 6) is -0.380. The van der Waals surface area contributed by atoms with Crippen molar-refractivity contribution in [3.8, 4) is 6.07 Å². The summed E-state index contributed by atoms with van der Waals surface area (Å²) in [5.41, 5.74) is 1.34. The van der Waals surface area contributed by atoms with Crippen LogP contribution in [0.5, 0.6) is 0 Å². The van der Waals surface area contributed by atoms with E-state index in [4.69, 9.17) is 28.5 Å². The molecule has 0 aromatic heterocycles. The normalized spacial score (nSPS) is 10.0. The zero-order chi connectivity index (χ0) is 13.8. The molecule has 0 unspecified atom stereocenters. The Balaban J connectivity index is 2.22. The number of halogens is 3. The van der Waals surface area contributed by atoms with E-state index in [0.29, 0.717) is 26.9 Å². The molecule has 19 heavy (non-hydrogen) atoms. The maximum absolute atomic E-state index is 13.6. The summed E-state index contributed by atoms with van der Waals surface area (Å²) in [6.07, 6.45) is 0. The number of nitriles is 1. The lowest BCUT2D eigenvalue weighted by Gasteiger charge is -2.11. The zero-order valence-corrected chi connectivity index (χ0v) is 11.3. The quantitative estimate of drug-likeness (QED) is 0.897. The van der Waals surface area contributed by atoms with Crippen molar-refractivity contribution in [2.24, 2.45) is 0 Å². The number of nitrogens with one attached hydrogen (secondary N) is 1. The molecule has 0 fully saturated rings. The van der Waals surface area contributed by atoms with Gasteiger partial charge in [0.25, 0.3) is 0 Å². The summed E-state index contributed by atoms with van der Waals surface area (Å²) in [7, 11) is 0. The summed E-state index contributed by atoms with van der Waals surface area (Å²) in [6, 6.07) is 11.3. The van der Waals surface area contributed by atoms with Gasteiger partial charge in [0.05, 0.1) is 27.4 Å². The second-order valence-corrected chi connectivity index (χ2v) is 4.68. The van der Waals surface area contributed by atoms with E-state index in [0.717, 1.165) is 0 Å². The molecule has 0 amide bonds.